The first-order valence-electron chi connectivity index (χ1n) is 9.12. The van der Waals surface area contributed by atoms with Crippen molar-refractivity contribution >= 4 is 0 Å². The fraction of sp³-hybridized carbons (Fsp3) is 0.429. The second-order valence-corrected chi connectivity index (χ2v) is 7.14. The average Bonchev–Trinajstić information content (AvgIpc) is 3.06. The molecule has 0 spiro atoms. The van der Waals surface area contributed by atoms with Gasteiger partial charge in [-0.15, -0.1) is 0 Å². The zero-order valence-corrected chi connectivity index (χ0v) is 14.4. The van der Waals surface area contributed by atoms with Crippen LogP contribution in [0, 0.1) is 17.2 Å². The summed E-state index contributed by atoms with van der Waals surface area (Å²) in [4.78, 5) is 7.09. The zero-order valence-electron chi connectivity index (χ0n) is 14.4. The molecule has 1 aliphatic carbocycles. The summed E-state index contributed by atoms with van der Waals surface area (Å²) >= 11 is 0. The molecule has 1 aromatic heterocycles. The predicted octanol–water partition coefficient (Wildman–Crippen LogP) is 3.21. The van der Waals surface area contributed by atoms with Crippen molar-refractivity contribution in [2.24, 2.45) is 5.92 Å². The van der Waals surface area contributed by atoms with Gasteiger partial charge in [-0.3, -0.25) is 4.98 Å². The Morgan fingerprint density at radius 3 is 2.64 bits per heavy atom. The van der Waals surface area contributed by atoms with Gasteiger partial charge >= 0.3 is 0 Å². The molecule has 128 valence electrons. The highest BCUT2D eigenvalue weighted by Crippen LogP contribution is 2.27. The Balaban J connectivity index is 1.24. The van der Waals surface area contributed by atoms with Crippen LogP contribution in [0.15, 0.2) is 42.6 Å². The van der Waals surface area contributed by atoms with Crippen LogP contribution in [-0.2, 0) is 12.8 Å². The molecule has 1 aromatic carbocycles. The van der Waals surface area contributed by atoms with E-state index in [9.17, 15) is 0 Å². The highest BCUT2D eigenvalue weighted by atomic mass is 16.5. The third kappa shape index (κ3) is 3.83. The maximum atomic E-state index is 8.85. The maximum Gasteiger partial charge on any atom is 0.119 e. The molecule has 0 radical (unpaired) electrons. The van der Waals surface area contributed by atoms with Crippen LogP contribution in [0.4, 0.5) is 0 Å². The normalized spacial score (nSPS) is 20.8. The Labute approximate surface area is 149 Å². The van der Waals surface area contributed by atoms with E-state index in [1.807, 2.05) is 36.5 Å². The summed E-state index contributed by atoms with van der Waals surface area (Å²) in [5.74, 6) is 1.58. The third-order valence-corrected chi connectivity index (χ3v) is 5.31. The third-order valence-electron chi connectivity index (χ3n) is 5.31. The fourth-order valence-corrected chi connectivity index (χ4v) is 4.00. The molecule has 1 saturated heterocycles. The molecule has 0 saturated carbocycles. The van der Waals surface area contributed by atoms with Crippen molar-refractivity contribution in [1.29, 1.82) is 5.26 Å². The van der Waals surface area contributed by atoms with Gasteiger partial charge in [-0.2, -0.15) is 5.26 Å². The molecule has 1 fully saturated rings. The van der Waals surface area contributed by atoms with Crippen LogP contribution in [-0.4, -0.2) is 35.6 Å². The molecule has 25 heavy (non-hydrogen) atoms. The summed E-state index contributed by atoms with van der Waals surface area (Å²) < 4.78 is 6.08. The molecule has 0 bridgehead atoms. The SMILES string of the molecule is N#Cc1ccc(OC2CCN(CC3Cc4cccnc4C3)CC2)cc1. The van der Waals surface area contributed by atoms with E-state index in [0.717, 1.165) is 38.1 Å². The Hall–Kier alpha value is -2.38. The minimum atomic E-state index is 0.284. The van der Waals surface area contributed by atoms with E-state index >= 15 is 0 Å². The lowest BCUT2D eigenvalue weighted by molar-refractivity contribution is 0.0919. The highest BCUT2D eigenvalue weighted by molar-refractivity contribution is 5.34. The molecule has 2 heterocycles. The van der Waals surface area contributed by atoms with E-state index in [0.29, 0.717) is 11.5 Å². The molecule has 2 aromatic rings. The van der Waals surface area contributed by atoms with Crippen LogP contribution in [0.5, 0.6) is 5.75 Å². The largest absolute Gasteiger partial charge is 0.490 e. The number of nitrogens with zero attached hydrogens (tertiary/aromatic N) is 3. The van der Waals surface area contributed by atoms with Crippen LogP contribution in [0.25, 0.3) is 0 Å². The number of fused-ring (bicyclic) bond motifs is 1. The van der Waals surface area contributed by atoms with Crippen molar-refractivity contribution in [2.75, 3.05) is 19.6 Å². The lowest BCUT2D eigenvalue weighted by Gasteiger charge is -2.33. The number of nitriles is 1. The number of likely N-dealkylation sites (tertiary alicyclic amines) is 1. The van der Waals surface area contributed by atoms with E-state index in [-0.39, 0.29) is 6.10 Å². The minimum absolute atomic E-state index is 0.284. The molecule has 1 atom stereocenters. The Bertz CT molecular complexity index is 732. The second-order valence-electron chi connectivity index (χ2n) is 7.14. The predicted molar refractivity (Wildman–Crippen MR) is 96.4 cm³/mol. The highest BCUT2D eigenvalue weighted by Gasteiger charge is 2.27. The van der Waals surface area contributed by atoms with Crippen LogP contribution < -0.4 is 4.74 Å². The number of aromatic nitrogens is 1. The lowest BCUT2D eigenvalue weighted by atomic mass is 10.0. The monoisotopic (exact) mass is 333 g/mol. The van der Waals surface area contributed by atoms with Crippen molar-refractivity contribution < 1.29 is 4.74 Å². The molecule has 0 amide bonds. The van der Waals surface area contributed by atoms with E-state index in [4.69, 9.17) is 10.00 Å². The number of hydrogen-bond donors (Lipinski definition) is 0. The van der Waals surface area contributed by atoms with Crippen LogP contribution >= 0.6 is 0 Å². The van der Waals surface area contributed by atoms with E-state index < -0.39 is 0 Å². The molecule has 2 aliphatic rings. The fourth-order valence-electron chi connectivity index (χ4n) is 4.00. The van der Waals surface area contributed by atoms with Crippen LogP contribution in [0.1, 0.15) is 29.7 Å². The number of ether oxygens (including phenoxy) is 1. The molecule has 0 N–H and O–H groups in total. The molecule has 1 unspecified atom stereocenters. The molecular formula is C21H23N3O. The van der Waals surface area contributed by atoms with Crippen molar-refractivity contribution in [3.8, 4) is 11.8 Å². The van der Waals surface area contributed by atoms with Crippen molar-refractivity contribution in [3.63, 3.8) is 0 Å². The summed E-state index contributed by atoms with van der Waals surface area (Å²) in [6.07, 6.45) is 6.62. The topological polar surface area (TPSA) is 49.1 Å². The summed E-state index contributed by atoms with van der Waals surface area (Å²) in [7, 11) is 0. The van der Waals surface area contributed by atoms with E-state index in [2.05, 4.69) is 22.0 Å². The molecular weight excluding hydrogens is 310 g/mol. The molecule has 1 aliphatic heterocycles. The smallest absolute Gasteiger partial charge is 0.119 e. The van der Waals surface area contributed by atoms with Crippen molar-refractivity contribution in [1.82, 2.24) is 9.88 Å². The maximum absolute atomic E-state index is 8.85. The van der Waals surface area contributed by atoms with Crippen molar-refractivity contribution in [2.45, 2.75) is 31.8 Å². The quantitative estimate of drug-likeness (QED) is 0.862. The number of rotatable bonds is 4. The number of pyridine rings is 1. The van der Waals surface area contributed by atoms with Crippen LogP contribution in [0.2, 0.25) is 0 Å². The summed E-state index contributed by atoms with van der Waals surface area (Å²) in [5, 5.41) is 8.85. The lowest BCUT2D eigenvalue weighted by Crippen LogP contribution is -2.40. The van der Waals surface area contributed by atoms with Gasteiger partial charge in [0.15, 0.2) is 0 Å². The Kier molecular flexibility index (Phi) is 4.67. The van der Waals surface area contributed by atoms with Gasteiger partial charge in [-0.1, -0.05) is 6.07 Å². The van der Waals surface area contributed by atoms with Gasteiger partial charge in [0.25, 0.3) is 0 Å². The standard InChI is InChI=1S/C21H23N3O/c22-14-16-3-5-19(6-4-16)25-20-7-10-24(11-8-20)15-17-12-18-2-1-9-23-21(18)13-17/h1-6,9,17,20H,7-8,10-13,15H2. The van der Waals surface area contributed by atoms with Gasteiger partial charge in [0.2, 0.25) is 0 Å². The van der Waals surface area contributed by atoms with Gasteiger partial charge in [0.05, 0.1) is 11.6 Å². The first kappa shape index (κ1) is 16.1. The summed E-state index contributed by atoms with van der Waals surface area (Å²) in [5.41, 5.74) is 3.41. The zero-order chi connectivity index (χ0) is 17.1. The molecule has 4 nitrogen and oxygen atoms in total. The van der Waals surface area contributed by atoms with Crippen molar-refractivity contribution in [3.05, 3.63) is 59.4 Å². The average molecular weight is 333 g/mol. The summed E-state index contributed by atoms with van der Waals surface area (Å²) in [6.45, 7) is 3.36. The number of benzene rings is 1. The Morgan fingerprint density at radius 2 is 1.92 bits per heavy atom. The van der Waals surface area contributed by atoms with Gasteiger partial charge in [0, 0.05) is 31.5 Å². The second kappa shape index (κ2) is 7.25. The van der Waals surface area contributed by atoms with E-state index in [1.165, 1.54) is 24.2 Å². The minimum Gasteiger partial charge on any atom is -0.490 e. The first-order valence-corrected chi connectivity index (χ1v) is 9.12. The van der Waals surface area contributed by atoms with Crippen LogP contribution in [0.3, 0.4) is 0 Å². The van der Waals surface area contributed by atoms with Gasteiger partial charge in [-0.25, -0.2) is 0 Å². The van der Waals surface area contributed by atoms with Gasteiger partial charge < -0.3 is 9.64 Å². The first-order chi connectivity index (χ1) is 12.3. The van der Waals surface area contributed by atoms with E-state index in [1.54, 1.807) is 0 Å². The Morgan fingerprint density at radius 1 is 1.12 bits per heavy atom. The van der Waals surface area contributed by atoms with Gasteiger partial charge in [0.1, 0.15) is 11.9 Å². The number of hydrogen-bond acceptors (Lipinski definition) is 4. The molecule has 4 rings (SSSR count). The van der Waals surface area contributed by atoms with Gasteiger partial charge in [-0.05, 0) is 67.5 Å². The number of piperidine rings is 1. The molecule has 4 heteroatoms. The summed E-state index contributed by atoms with van der Waals surface area (Å²) in [6, 6.07) is 13.8.